The molecule has 0 aliphatic rings. The Morgan fingerprint density at radius 3 is 2.18 bits per heavy atom. The molecule has 8 heteroatoms. The predicted molar refractivity (Wildman–Crippen MR) is 133 cm³/mol. The monoisotopic (exact) mass is 522 g/mol. The minimum absolute atomic E-state index is 0.385. The summed E-state index contributed by atoms with van der Waals surface area (Å²) in [4.78, 5) is 0. The molecule has 34 heavy (non-hydrogen) atoms. The van der Waals surface area contributed by atoms with Gasteiger partial charge in [0.05, 0.1) is 15.7 Å². The number of aromatic nitrogens is 2. The van der Waals surface area contributed by atoms with E-state index in [0.29, 0.717) is 26.3 Å². The van der Waals surface area contributed by atoms with E-state index in [1.807, 2.05) is 49.4 Å². The van der Waals surface area contributed by atoms with Gasteiger partial charge in [-0.15, -0.1) is 0 Å². The van der Waals surface area contributed by atoms with Crippen molar-refractivity contribution in [2.45, 2.75) is 25.9 Å². The number of hydrogen-bond donors (Lipinski definition) is 0. The maximum atomic E-state index is 13.3. The third-order valence-corrected chi connectivity index (χ3v) is 6.79. The first-order chi connectivity index (χ1) is 16.0. The van der Waals surface area contributed by atoms with Crippen molar-refractivity contribution < 1.29 is 13.2 Å². The summed E-state index contributed by atoms with van der Waals surface area (Å²) in [6.45, 7) is 1.90. The van der Waals surface area contributed by atoms with Crippen LogP contribution in [0.5, 0.6) is 0 Å². The molecule has 0 spiro atoms. The summed E-state index contributed by atoms with van der Waals surface area (Å²) in [5, 5.41) is 5.19. The van der Waals surface area contributed by atoms with Crippen LogP contribution < -0.4 is 0 Å². The number of hydrogen-bond acceptors (Lipinski definition) is 1. The van der Waals surface area contributed by atoms with E-state index >= 15 is 0 Å². The molecule has 2 nitrogen and oxygen atoms in total. The maximum absolute atomic E-state index is 13.3. The minimum Gasteiger partial charge on any atom is -0.267 e. The van der Waals surface area contributed by atoms with Gasteiger partial charge in [0, 0.05) is 17.6 Å². The molecule has 0 aliphatic carbocycles. The zero-order valence-corrected chi connectivity index (χ0v) is 20.6. The average molecular weight is 524 g/mol. The van der Waals surface area contributed by atoms with Gasteiger partial charge < -0.3 is 0 Å². The molecule has 0 saturated carbocycles. The fourth-order valence-electron chi connectivity index (χ4n) is 4.10. The lowest BCUT2D eigenvalue weighted by atomic mass is 9.88. The largest absolute Gasteiger partial charge is 0.435 e. The molecule has 0 amide bonds. The molecule has 3 aromatic carbocycles. The fourth-order valence-corrected chi connectivity index (χ4v) is 4.52. The van der Waals surface area contributed by atoms with Crippen LogP contribution >= 0.6 is 34.8 Å². The standard InChI is InChI=1S/C26H20Cl3F3N2/c1-15-20(23-14-24(26(30,31)32)33-34(23)2)11-7-17(6-3-16-4-9-19(27)10-5-16)25(15)18-8-12-21(28)22(29)13-18/h4-5,7-14H,3,6H2,1-2H3. The van der Waals surface area contributed by atoms with Gasteiger partial charge in [-0.1, -0.05) is 65.1 Å². The Bertz CT molecular complexity index is 1340. The van der Waals surface area contributed by atoms with E-state index in [4.69, 9.17) is 34.8 Å². The van der Waals surface area contributed by atoms with Crippen molar-refractivity contribution in [2.75, 3.05) is 0 Å². The van der Waals surface area contributed by atoms with Gasteiger partial charge >= 0.3 is 6.18 Å². The molecule has 176 valence electrons. The molecule has 4 aromatic rings. The molecular formula is C26H20Cl3F3N2. The second-order valence-corrected chi connectivity index (χ2v) is 9.31. The van der Waals surface area contributed by atoms with Gasteiger partial charge in [0.25, 0.3) is 0 Å². The third-order valence-electron chi connectivity index (χ3n) is 5.80. The quantitative estimate of drug-likeness (QED) is 0.255. The van der Waals surface area contributed by atoms with E-state index in [0.717, 1.165) is 46.7 Å². The molecule has 0 saturated heterocycles. The highest BCUT2D eigenvalue weighted by atomic mass is 35.5. The Morgan fingerprint density at radius 1 is 0.853 bits per heavy atom. The van der Waals surface area contributed by atoms with E-state index in [1.54, 1.807) is 12.1 Å². The van der Waals surface area contributed by atoms with Crippen LogP contribution in [0.1, 0.15) is 22.4 Å². The smallest absolute Gasteiger partial charge is 0.267 e. The lowest BCUT2D eigenvalue weighted by molar-refractivity contribution is -0.141. The number of aryl methyl sites for hydroxylation is 3. The summed E-state index contributed by atoms with van der Waals surface area (Å²) in [5.41, 5.74) is 4.91. The molecule has 1 heterocycles. The SMILES string of the molecule is Cc1c(-c2cc(C(F)(F)F)nn2C)ccc(CCc2ccc(Cl)cc2)c1-c1ccc(Cl)c(Cl)c1. The lowest BCUT2D eigenvalue weighted by Crippen LogP contribution is -2.06. The molecule has 0 bridgehead atoms. The van der Waals surface area contributed by atoms with Crippen LogP contribution in [0, 0.1) is 6.92 Å². The predicted octanol–water partition coefficient (Wildman–Crippen LogP) is 8.83. The van der Waals surface area contributed by atoms with E-state index in [9.17, 15) is 13.2 Å². The molecule has 0 aliphatic heterocycles. The third kappa shape index (κ3) is 5.12. The van der Waals surface area contributed by atoms with Crippen molar-refractivity contribution in [2.24, 2.45) is 7.05 Å². The molecule has 0 N–H and O–H groups in total. The van der Waals surface area contributed by atoms with Crippen LogP contribution in [0.4, 0.5) is 13.2 Å². The number of nitrogens with zero attached hydrogens (tertiary/aromatic N) is 2. The molecule has 4 rings (SSSR count). The van der Waals surface area contributed by atoms with Gasteiger partial charge in [-0.05, 0) is 77.9 Å². The highest BCUT2D eigenvalue weighted by molar-refractivity contribution is 6.42. The van der Waals surface area contributed by atoms with Crippen LogP contribution in [0.15, 0.2) is 60.7 Å². The molecular weight excluding hydrogens is 504 g/mol. The lowest BCUT2D eigenvalue weighted by Gasteiger charge is -2.18. The maximum Gasteiger partial charge on any atom is 0.435 e. The molecule has 0 radical (unpaired) electrons. The van der Waals surface area contributed by atoms with E-state index in [1.165, 1.54) is 11.7 Å². The van der Waals surface area contributed by atoms with Crippen molar-refractivity contribution in [3.8, 4) is 22.4 Å². The van der Waals surface area contributed by atoms with Crippen LogP contribution in [0.2, 0.25) is 15.1 Å². The summed E-state index contributed by atoms with van der Waals surface area (Å²) in [5.74, 6) is 0. The zero-order chi connectivity index (χ0) is 24.6. The topological polar surface area (TPSA) is 17.8 Å². The molecule has 0 atom stereocenters. The Balaban J connectivity index is 1.82. The van der Waals surface area contributed by atoms with Crippen LogP contribution in [-0.2, 0) is 26.1 Å². The van der Waals surface area contributed by atoms with Crippen molar-refractivity contribution in [3.05, 3.63) is 98.1 Å². The second-order valence-electron chi connectivity index (χ2n) is 8.06. The van der Waals surface area contributed by atoms with Gasteiger partial charge in [-0.25, -0.2) is 0 Å². The first-order valence-electron chi connectivity index (χ1n) is 10.5. The van der Waals surface area contributed by atoms with Crippen molar-refractivity contribution in [1.29, 1.82) is 0 Å². The first kappa shape index (κ1) is 24.6. The van der Waals surface area contributed by atoms with Crippen molar-refractivity contribution >= 4 is 34.8 Å². The second kappa shape index (κ2) is 9.65. The Hall–Kier alpha value is -2.47. The van der Waals surface area contributed by atoms with Gasteiger partial charge in [-0.3, -0.25) is 4.68 Å². The number of rotatable bonds is 5. The summed E-state index contributed by atoms with van der Waals surface area (Å²) < 4.78 is 41.1. The fraction of sp³-hybridized carbons (Fsp3) is 0.192. The highest BCUT2D eigenvalue weighted by Crippen LogP contribution is 2.39. The van der Waals surface area contributed by atoms with E-state index < -0.39 is 11.9 Å². The van der Waals surface area contributed by atoms with Crippen molar-refractivity contribution in [3.63, 3.8) is 0 Å². The van der Waals surface area contributed by atoms with Gasteiger partial charge in [0.1, 0.15) is 0 Å². The summed E-state index contributed by atoms with van der Waals surface area (Å²) in [7, 11) is 1.51. The minimum atomic E-state index is -4.52. The Kier molecular flexibility index (Phi) is 6.99. The van der Waals surface area contributed by atoms with Crippen LogP contribution in [0.25, 0.3) is 22.4 Å². The number of halogens is 6. The van der Waals surface area contributed by atoms with Crippen LogP contribution in [-0.4, -0.2) is 9.78 Å². The Morgan fingerprint density at radius 2 is 1.56 bits per heavy atom. The van der Waals surface area contributed by atoms with Crippen molar-refractivity contribution in [1.82, 2.24) is 9.78 Å². The highest BCUT2D eigenvalue weighted by Gasteiger charge is 2.35. The van der Waals surface area contributed by atoms with Gasteiger partial charge in [-0.2, -0.15) is 18.3 Å². The number of alkyl halides is 3. The normalized spacial score (nSPS) is 11.8. The summed E-state index contributed by atoms with van der Waals surface area (Å²) in [6.07, 6.45) is -3.03. The molecule has 0 unspecified atom stereocenters. The summed E-state index contributed by atoms with van der Waals surface area (Å²) >= 11 is 18.4. The molecule has 1 aromatic heterocycles. The average Bonchev–Trinajstić information content (AvgIpc) is 3.17. The number of benzene rings is 3. The molecule has 0 fully saturated rings. The van der Waals surface area contributed by atoms with E-state index in [-0.39, 0.29) is 0 Å². The first-order valence-corrected chi connectivity index (χ1v) is 11.6. The zero-order valence-electron chi connectivity index (χ0n) is 18.3. The van der Waals surface area contributed by atoms with Gasteiger partial charge in [0.2, 0.25) is 0 Å². The van der Waals surface area contributed by atoms with E-state index in [2.05, 4.69) is 5.10 Å². The summed E-state index contributed by atoms with van der Waals surface area (Å²) in [6, 6.07) is 17.9. The Labute approximate surface area is 210 Å². The van der Waals surface area contributed by atoms with Gasteiger partial charge in [0.15, 0.2) is 5.69 Å². The van der Waals surface area contributed by atoms with Crippen LogP contribution in [0.3, 0.4) is 0 Å².